The fourth-order valence-corrected chi connectivity index (χ4v) is 3.67. The lowest BCUT2D eigenvalue weighted by atomic mass is 10.1. The third-order valence-electron chi connectivity index (χ3n) is 4.56. The number of amides is 1. The molecule has 8 heteroatoms. The smallest absolute Gasteiger partial charge is 0.413 e. The van der Waals surface area contributed by atoms with Crippen LogP contribution in [0.25, 0.3) is 11.0 Å². The zero-order chi connectivity index (χ0) is 23.4. The van der Waals surface area contributed by atoms with E-state index in [-0.39, 0.29) is 5.54 Å². The summed E-state index contributed by atoms with van der Waals surface area (Å²) in [6.45, 7) is 13.8. The summed E-state index contributed by atoms with van der Waals surface area (Å²) in [4.78, 5) is 16.6. The van der Waals surface area contributed by atoms with Crippen molar-refractivity contribution in [1.82, 2.24) is 14.9 Å². The van der Waals surface area contributed by atoms with Gasteiger partial charge in [-0.3, -0.25) is 4.57 Å². The number of aromatic nitrogens is 2. The number of fused-ring (bicyclic) bond motifs is 1. The highest BCUT2D eigenvalue weighted by molar-refractivity contribution is 6.76. The number of carbonyl (C=O) groups excluding carboxylic acids is 1. The summed E-state index contributed by atoms with van der Waals surface area (Å²) >= 11 is 0. The van der Waals surface area contributed by atoms with E-state index in [1.165, 1.54) is 0 Å². The Kier molecular flexibility index (Phi) is 7.25. The quantitative estimate of drug-likeness (QED) is 0.332. The average Bonchev–Trinajstić information content (AvgIpc) is 3.01. The van der Waals surface area contributed by atoms with Crippen LogP contribution >= 0.6 is 0 Å². The molecule has 0 spiro atoms. The maximum Gasteiger partial charge on any atom is 0.413 e. The van der Waals surface area contributed by atoms with Crippen LogP contribution in [0.5, 0.6) is 17.5 Å². The average molecular weight is 456 g/mol. The summed E-state index contributed by atoms with van der Waals surface area (Å²) in [6.07, 6.45) is -0.497. The lowest BCUT2D eigenvalue weighted by Gasteiger charge is -2.19. The predicted octanol–water partition coefficient (Wildman–Crippen LogP) is 6.03. The van der Waals surface area contributed by atoms with Crippen molar-refractivity contribution in [3.8, 4) is 17.5 Å². The van der Waals surface area contributed by atoms with Gasteiger partial charge in [-0.05, 0) is 63.2 Å². The van der Waals surface area contributed by atoms with Crippen molar-refractivity contribution in [3.05, 3.63) is 48.5 Å². The summed E-state index contributed by atoms with van der Waals surface area (Å²) in [6, 6.07) is 16.3. The highest BCUT2D eigenvalue weighted by atomic mass is 28.3. The summed E-state index contributed by atoms with van der Waals surface area (Å²) in [7, 11) is -1.16. The highest BCUT2D eigenvalue weighted by Gasteiger charge is 2.17. The van der Waals surface area contributed by atoms with E-state index in [1.54, 1.807) is 24.3 Å². The molecule has 2 aromatic carbocycles. The minimum Gasteiger partial charge on any atom is -0.425 e. The van der Waals surface area contributed by atoms with Gasteiger partial charge in [0.15, 0.2) is 0 Å². The third kappa shape index (κ3) is 7.10. The van der Waals surface area contributed by atoms with Crippen LogP contribution in [-0.4, -0.2) is 35.9 Å². The summed E-state index contributed by atoms with van der Waals surface area (Å²) in [5.74, 6) is 1.02. The number of imidazole rings is 1. The number of carbonyl (C=O) groups is 1. The minimum absolute atomic E-state index is 0.365. The summed E-state index contributed by atoms with van der Waals surface area (Å²) < 4.78 is 19.3. The molecule has 3 aromatic rings. The van der Waals surface area contributed by atoms with E-state index in [2.05, 4.69) is 29.9 Å². The van der Waals surface area contributed by atoms with Crippen molar-refractivity contribution in [1.29, 1.82) is 0 Å². The third-order valence-corrected chi connectivity index (χ3v) is 6.26. The fourth-order valence-electron chi connectivity index (χ4n) is 2.91. The molecule has 3 rings (SSSR count). The molecule has 0 saturated carbocycles. The Morgan fingerprint density at radius 1 is 1.03 bits per heavy atom. The van der Waals surface area contributed by atoms with Crippen molar-refractivity contribution in [2.45, 2.75) is 58.7 Å². The van der Waals surface area contributed by atoms with Gasteiger partial charge in [0, 0.05) is 20.2 Å². The van der Waals surface area contributed by atoms with Crippen LogP contribution in [0.1, 0.15) is 20.8 Å². The van der Waals surface area contributed by atoms with Gasteiger partial charge in [0.2, 0.25) is 0 Å². The Labute approximate surface area is 190 Å². The molecule has 0 bridgehead atoms. The van der Waals surface area contributed by atoms with Crippen molar-refractivity contribution < 1.29 is 19.0 Å². The molecule has 0 fully saturated rings. The van der Waals surface area contributed by atoms with Gasteiger partial charge in [-0.2, -0.15) is 4.98 Å². The number of nitrogens with zero attached hydrogens (tertiary/aromatic N) is 2. The van der Waals surface area contributed by atoms with Crippen LogP contribution in [0, 0.1) is 0 Å². The summed E-state index contributed by atoms with van der Waals surface area (Å²) in [5.41, 5.74) is 1.43. The van der Waals surface area contributed by atoms with Crippen LogP contribution in [-0.2, 0) is 11.5 Å². The molecule has 0 aliphatic rings. The number of ether oxygens (including phenoxy) is 3. The largest absolute Gasteiger partial charge is 0.425 e. The highest BCUT2D eigenvalue weighted by Crippen LogP contribution is 2.27. The number of hydrogen-bond donors (Lipinski definition) is 1. The van der Waals surface area contributed by atoms with E-state index in [1.807, 2.05) is 49.6 Å². The van der Waals surface area contributed by atoms with Gasteiger partial charge in [-0.25, -0.2) is 4.79 Å². The van der Waals surface area contributed by atoms with E-state index in [0.717, 1.165) is 17.1 Å². The molecular weight excluding hydrogens is 422 g/mol. The molecule has 172 valence electrons. The monoisotopic (exact) mass is 455 g/mol. The van der Waals surface area contributed by atoms with Gasteiger partial charge in [0.1, 0.15) is 18.2 Å². The topological polar surface area (TPSA) is 74.6 Å². The molecule has 0 saturated heterocycles. The molecule has 0 atom stereocenters. The molecule has 7 nitrogen and oxygen atoms in total. The Bertz CT molecular complexity index is 1050. The second kappa shape index (κ2) is 9.75. The Morgan fingerprint density at radius 3 is 2.34 bits per heavy atom. The normalized spacial score (nSPS) is 12.1. The number of nitrogens with one attached hydrogen (secondary N) is 1. The molecule has 1 heterocycles. The molecule has 0 aliphatic carbocycles. The van der Waals surface area contributed by atoms with Crippen LogP contribution in [0.2, 0.25) is 25.7 Å². The fraction of sp³-hybridized carbons (Fsp3) is 0.417. The van der Waals surface area contributed by atoms with Crippen LogP contribution in [0.3, 0.4) is 0 Å². The maximum absolute atomic E-state index is 11.9. The van der Waals surface area contributed by atoms with Gasteiger partial charge < -0.3 is 19.5 Å². The van der Waals surface area contributed by atoms with E-state index in [4.69, 9.17) is 14.2 Å². The van der Waals surface area contributed by atoms with E-state index >= 15 is 0 Å². The first-order valence-electron chi connectivity index (χ1n) is 10.8. The maximum atomic E-state index is 11.9. The predicted molar refractivity (Wildman–Crippen MR) is 129 cm³/mol. The van der Waals surface area contributed by atoms with Crippen molar-refractivity contribution in [3.63, 3.8) is 0 Å². The molecule has 0 radical (unpaired) electrons. The first-order valence-corrected chi connectivity index (χ1v) is 14.5. The van der Waals surface area contributed by atoms with Gasteiger partial charge in [-0.15, -0.1) is 0 Å². The number of hydrogen-bond acceptors (Lipinski definition) is 5. The van der Waals surface area contributed by atoms with Gasteiger partial charge >= 0.3 is 12.1 Å². The van der Waals surface area contributed by atoms with Crippen LogP contribution in [0.4, 0.5) is 4.79 Å². The minimum atomic E-state index is -1.16. The van der Waals surface area contributed by atoms with Crippen LogP contribution < -0.4 is 14.8 Å². The second-order valence-electron chi connectivity index (χ2n) is 10.00. The van der Waals surface area contributed by atoms with E-state index in [9.17, 15) is 4.79 Å². The van der Waals surface area contributed by atoms with Crippen molar-refractivity contribution in [2.75, 3.05) is 6.61 Å². The zero-order valence-corrected chi connectivity index (χ0v) is 20.8. The van der Waals surface area contributed by atoms with Gasteiger partial charge in [0.25, 0.3) is 0 Å². The first-order chi connectivity index (χ1) is 15.0. The van der Waals surface area contributed by atoms with Crippen molar-refractivity contribution >= 4 is 25.2 Å². The molecule has 1 N–H and O–H groups in total. The number of benzene rings is 2. The molecule has 0 aliphatic heterocycles. The Balaban J connectivity index is 1.70. The zero-order valence-electron chi connectivity index (χ0n) is 19.8. The number of rotatable bonds is 8. The molecule has 1 amide bonds. The van der Waals surface area contributed by atoms with Crippen molar-refractivity contribution in [2.24, 2.45) is 0 Å². The first kappa shape index (κ1) is 23.8. The SMILES string of the molecule is CC(C)(C)NC(=O)Oc1ccc(Oc2nc3ccccc3n2COCC[Si](C)(C)C)cc1. The van der Waals surface area contributed by atoms with E-state index in [0.29, 0.717) is 30.8 Å². The molecule has 32 heavy (non-hydrogen) atoms. The standard InChI is InChI=1S/C24H33N3O4Si/c1-24(2,3)26-23(28)31-19-13-11-18(12-14-19)30-22-25-20-9-7-8-10-21(20)27(22)17-29-15-16-32(4,5)6/h7-14H,15-17H2,1-6H3,(H,26,28). The van der Waals surface area contributed by atoms with Gasteiger partial charge in [-0.1, -0.05) is 31.8 Å². The lowest BCUT2D eigenvalue weighted by molar-refractivity contribution is 0.0850. The molecule has 1 aromatic heterocycles. The lowest BCUT2D eigenvalue weighted by Crippen LogP contribution is -2.42. The van der Waals surface area contributed by atoms with Gasteiger partial charge in [0.05, 0.1) is 11.0 Å². The second-order valence-corrected chi connectivity index (χ2v) is 15.6. The number of para-hydroxylation sites is 2. The molecule has 0 unspecified atom stereocenters. The summed E-state index contributed by atoms with van der Waals surface area (Å²) in [5, 5.41) is 2.76. The van der Waals surface area contributed by atoms with Crippen LogP contribution in [0.15, 0.2) is 48.5 Å². The Morgan fingerprint density at radius 2 is 1.69 bits per heavy atom. The molecular formula is C24H33N3O4Si. The van der Waals surface area contributed by atoms with E-state index < -0.39 is 14.2 Å². The Hall–Kier alpha value is -2.84.